The average Bonchev–Trinajstić information content (AvgIpc) is 3.02. The molecule has 290 valence electrons. The lowest BCUT2D eigenvalue weighted by Crippen LogP contribution is -2.74. The predicted molar refractivity (Wildman–Crippen MR) is 138 cm³/mol. The molecule has 0 saturated carbocycles. The molecule has 0 fully saturated rings. The van der Waals surface area contributed by atoms with Crippen LogP contribution in [0.1, 0.15) is 49.4 Å². The number of alkyl halides is 18. The maximum Gasteiger partial charge on any atom is 0.471 e. The van der Waals surface area contributed by atoms with Crippen molar-refractivity contribution in [1.29, 1.82) is 0 Å². The first kappa shape index (κ1) is 43.4. The lowest BCUT2D eigenvalue weighted by Gasteiger charge is -2.42. The Hall–Kier alpha value is -3.75. The molecule has 0 saturated heterocycles. The quantitative estimate of drug-likeness (QED) is 0.0654. The summed E-state index contributed by atoms with van der Waals surface area (Å²) in [7, 11) is 0. The molecule has 0 aliphatic heterocycles. The Labute approximate surface area is 275 Å². The Bertz CT molecular complexity index is 1440. The van der Waals surface area contributed by atoms with Crippen LogP contribution in [0.4, 0.5) is 79.0 Å². The van der Waals surface area contributed by atoms with Gasteiger partial charge in [-0.05, 0) is 55.0 Å². The fraction of sp³-hybridized carbons (Fsp3) is 0.552. The highest BCUT2D eigenvalue weighted by molar-refractivity contribution is 5.91. The predicted octanol–water partition coefficient (Wildman–Crippen LogP) is 10.9. The van der Waals surface area contributed by atoms with Crippen LogP contribution in [0, 0.1) is 0 Å². The molecule has 0 spiro atoms. The van der Waals surface area contributed by atoms with Gasteiger partial charge < -0.3 is 14.2 Å². The molecular weight excluding hydrogens is 754 g/mol. The lowest BCUT2D eigenvalue weighted by molar-refractivity contribution is -0.471. The molecule has 4 nitrogen and oxygen atoms in total. The van der Waals surface area contributed by atoms with Crippen molar-refractivity contribution < 1.29 is 98.0 Å². The molecule has 2 rings (SSSR count). The largest absolute Gasteiger partial charge is 0.491 e. The molecule has 0 aromatic heterocycles. The number of unbranched alkanes of at least 4 members (excludes halogenated alkanes) is 3. The molecule has 0 N–H and O–H groups in total. The molecular formula is C29H24F18O4. The molecule has 2 aromatic carbocycles. The molecule has 1 unspecified atom stereocenters. The van der Waals surface area contributed by atoms with Gasteiger partial charge in [0.05, 0.1) is 5.56 Å². The molecule has 0 heterocycles. The maximum absolute atomic E-state index is 14.1. The third kappa shape index (κ3) is 8.49. The van der Waals surface area contributed by atoms with Crippen molar-refractivity contribution in [2.45, 2.75) is 93.0 Å². The van der Waals surface area contributed by atoms with Crippen LogP contribution >= 0.6 is 0 Å². The summed E-state index contributed by atoms with van der Waals surface area (Å²) in [4.78, 5) is 12.3. The van der Waals surface area contributed by atoms with E-state index in [2.05, 4.69) is 4.74 Å². The van der Waals surface area contributed by atoms with Gasteiger partial charge in [-0.2, -0.15) is 74.6 Å². The molecule has 0 aliphatic rings. The fourth-order valence-electron chi connectivity index (χ4n) is 3.85. The van der Waals surface area contributed by atoms with E-state index in [1.54, 1.807) is 0 Å². The van der Waals surface area contributed by atoms with Crippen LogP contribution in [-0.4, -0.2) is 66.6 Å². The molecule has 0 amide bonds. The highest BCUT2D eigenvalue weighted by atomic mass is 19.4. The summed E-state index contributed by atoms with van der Waals surface area (Å²) in [5.41, 5.74) is -0.205. The summed E-state index contributed by atoms with van der Waals surface area (Å²) >= 11 is 0. The normalized spacial score (nSPS) is 14.6. The minimum atomic E-state index is -8.76. The van der Waals surface area contributed by atoms with Crippen molar-refractivity contribution >= 4 is 5.97 Å². The van der Waals surface area contributed by atoms with Gasteiger partial charge in [0, 0.05) is 0 Å². The van der Waals surface area contributed by atoms with Gasteiger partial charge in [-0.15, -0.1) is 0 Å². The van der Waals surface area contributed by atoms with Gasteiger partial charge in [-0.3, -0.25) is 0 Å². The highest BCUT2D eigenvalue weighted by Crippen LogP contribution is 2.64. The molecule has 0 radical (unpaired) electrons. The summed E-state index contributed by atoms with van der Waals surface area (Å²) in [6, 6.07) is 5.88. The summed E-state index contributed by atoms with van der Waals surface area (Å²) in [5, 5.41) is 0. The zero-order chi connectivity index (χ0) is 39.5. The number of carbonyl (C=O) groups excluding carboxylic acids is 1. The number of ether oxygens (including phenoxy) is 3. The Balaban J connectivity index is 2.16. The van der Waals surface area contributed by atoms with Crippen LogP contribution in [0.2, 0.25) is 0 Å². The first-order valence-corrected chi connectivity index (χ1v) is 14.1. The van der Waals surface area contributed by atoms with E-state index in [0.717, 1.165) is 31.4 Å². The third-order valence-electron chi connectivity index (χ3n) is 6.87. The van der Waals surface area contributed by atoms with Crippen molar-refractivity contribution in [2.24, 2.45) is 0 Å². The minimum absolute atomic E-state index is 0.127. The maximum atomic E-state index is 14.1. The van der Waals surface area contributed by atoms with Crippen molar-refractivity contribution in [3.8, 4) is 17.2 Å². The van der Waals surface area contributed by atoms with Crippen molar-refractivity contribution in [2.75, 3.05) is 6.61 Å². The van der Waals surface area contributed by atoms with E-state index in [1.165, 1.54) is 12.1 Å². The summed E-state index contributed by atoms with van der Waals surface area (Å²) in [5.74, 6) is -54.3. The van der Waals surface area contributed by atoms with E-state index >= 15 is 0 Å². The Morgan fingerprint density at radius 1 is 0.569 bits per heavy atom. The Kier molecular flexibility index (Phi) is 12.8. The van der Waals surface area contributed by atoms with E-state index in [-0.39, 0.29) is 36.5 Å². The van der Waals surface area contributed by atoms with Gasteiger partial charge in [-0.25, -0.2) is 9.18 Å². The van der Waals surface area contributed by atoms with E-state index in [4.69, 9.17) is 9.47 Å². The molecule has 0 aliphatic carbocycles. The van der Waals surface area contributed by atoms with Gasteiger partial charge in [0.25, 0.3) is 0 Å². The second-order valence-electron chi connectivity index (χ2n) is 10.7. The number of rotatable bonds is 18. The zero-order valence-corrected chi connectivity index (χ0v) is 25.4. The van der Waals surface area contributed by atoms with Crippen LogP contribution < -0.4 is 14.2 Å². The molecule has 22 heteroatoms. The van der Waals surface area contributed by atoms with Gasteiger partial charge in [0.15, 0.2) is 0 Å². The van der Waals surface area contributed by atoms with Crippen LogP contribution in [0.3, 0.4) is 0 Å². The van der Waals surface area contributed by atoms with Gasteiger partial charge in [0.1, 0.15) is 30.0 Å². The number of hydrogen-bond donors (Lipinski definition) is 0. The van der Waals surface area contributed by atoms with Crippen LogP contribution in [0.15, 0.2) is 48.5 Å². The van der Waals surface area contributed by atoms with Crippen molar-refractivity contribution in [1.82, 2.24) is 0 Å². The molecule has 51 heavy (non-hydrogen) atoms. The Morgan fingerprint density at radius 2 is 1.00 bits per heavy atom. The van der Waals surface area contributed by atoms with E-state index in [9.17, 15) is 83.8 Å². The first-order chi connectivity index (χ1) is 23.0. The summed E-state index contributed by atoms with van der Waals surface area (Å²) in [6.45, 7) is 1.69. The standard InChI is InChI=1S/C29H24F18O4/c1-2-3-4-5-6-17(30)15-49-18-9-7-16(8-10-18)21(48)50-19-11-13-20(14-12-19)51-29(46,47)27(41,42)25(37,38)23(33,34)22(31,32)24(35,36)26(39,40)28(43,44)45/h7-14,17H,2-6,15H2,1H3. The van der Waals surface area contributed by atoms with Gasteiger partial charge in [0.2, 0.25) is 0 Å². The number of halogens is 18. The SMILES string of the molecule is CCCCCCC(F)COc1ccc(C(=O)Oc2ccc(OC(F)(F)C(F)(F)C(F)(F)C(F)(F)C(F)(F)C(F)(F)C(F)(F)C(F)(F)F)cc2)cc1. The molecule has 2 aromatic rings. The Morgan fingerprint density at radius 3 is 1.47 bits per heavy atom. The van der Waals surface area contributed by atoms with Gasteiger partial charge >= 0.3 is 53.8 Å². The van der Waals surface area contributed by atoms with Crippen LogP contribution in [0.5, 0.6) is 17.2 Å². The second kappa shape index (κ2) is 15.1. The van der Waals surface area contributed by atoms with E-state index < -0.39 is 71.5 Å². The third-order valence-corrected chi connectivity index (χ3v) is 6.87. The first-order valence-electron chi connectivity index (χ1n) is 14.1. The van der Waals surface area contributed by atoms with E-state index in [1.807, 2.05) is 6.92 Å². The summed E-state index contributed by atoms with van der Waals surface area (Å²) in [6.07, 6.45) is -12.6. The lowest BCUT2D eigenvalue weighted by atomic mass is 9.90. The highest BCUT2D eigenvalue weighted by Gasteiger charge is 2.95. The smallest absolute Gasteiger partial charge is 0.471 e. The average molecular weight is 778 g/mol. The minimum Gasteiger partial charge on any atom is -0.491 e. The fourth-order valence-corrected chi connectivity index (χ4v) is 3.85. The van der Waals surface area contributed by atoms with Gasteiger partial charge in [-0.1, -0.05) is 32.6 Å². The number of hydrogen-bond acceptors (Lipinski definition) is 4. The van der Waals surface area contributed by atoms with Crippen molar-refractivity contribution in [3.05, 3.63) is 54.1 Å². The monoisotopic (exact) mass is 778 g/mol. The van der Waals surface area contributed by atoms with Crippen molar-refractivity contribution in [3.63, 3.8) is 0 Å². The van der Waals surface area contributed by atoms with Crippen LogP contribution in [0.25, 0.3) is 0 Å². The molecule has 1 atom stereocenters. The summed E-state index contributed by atoms with van der Waals surface area (Å²) < 4.78 is 255. The number of esters is 1. The zero-order valence-electron chi connectivity index (χ0n) is 25.4. The number of carbonyl (C=O) groups is 1. The van der Waals surface area contributed by atoms with Crippen LogP contribution in [-0.2, 0) is 0 Å². The topological polar surface area (TPSA) is 44.8 Å². The second-order valence-corrected chi connectivity index (χ2v) is 10.7. The van der Waals surface area contributed by atoms with E-state index in [0.29, 0.717) is 18.6 Å². The number of benzene rings is 2. The molecule has 0 bridgehead atoms.